The molecule has 34 heavy (non-hydrogen) atoms. The van der Waals surface area contributed by atoms with Crippen LogP contribution in [0, 0.1) is 12.8 Å². The molecule has 0 radical (unpaired) electrons. The summed E-state index contributed by atoms with van der Waals surface area (Å²) >= 11 is 0. The number of benzene rings is 2. The normalized spacial score (nSPS) is 11.5. The van der Waals surface area contributed by atoms with Crippen LogP contribution in [-0.4, -0.2) is 39.3 Å². The summed E-state index contributed by atoms with van der Waals surface area (Å²) in [4.78, 5) is 32.7. The van der Waals surface area contributed by atoms with E-state index in [1.54, 1.807) is 11.0 Å². The van der Waals surface area contributed by atoms with E-state index in [4.69, 9.17) is 0 Å². The first-order valence-electron chi connectivity index (χ1n) is 11.0. The number of hydrogen-bond donors (Lipinski definition) is 1. The van der Waals surface area contributed by atoms with E-state index in [0.717, 1.165) is 22.4 Å². The molecule has 0 amide bonds. The number of tetrazole rings is 1. The second-order valence-electron chi connectivity index (χ2n) is 8.65. The van der Waals surface area contributed by atoms with E-state index in [-0.39, 0.29) is 11.5 Å². The van der Waals surface area contributed by atoms with Gasteiger partial charge in [-0.25, -0.2) is 9.78 Å². The number of nitrogens with zero attached hydrogens (tertiary/aromatic N) is 7. The molecule has 0 spiro atoms. The fourth-order valence-electron chi connectivity index (χ4n) is 4.14. The zero-order valence-corrected chi connectivity index (χ0v) is 19.1. The van der Waals surface area contributed by atoms with Crippen LogP contribution in [0.4, 0.5) is 0 Å². The van der Waals surface area contributed by atoms with E-state index >= 15 is 0 Å². The van der Waals surface area contributed by atoms with Gasteiger partial charge in [0.15, 0.2) is 11.2 Å². The molecule has 1 N–H and O–H groups in total. The number of aryl methyl sites for hydroxylation is 1. The minimum Gasteiger partial charge on any atom is -0.318 e. The van der Waals surface area contributed by atoms with Crippen molar-refractivity contribution in [3.05, 3.63) is 87.1 Å². The van der Waals surface area contributed by atoms with Gasteiger partial charge in [0.1, 0.15) is 12.2 Å². The number of hydrogen-bond acceptors (Lipinski definition) is 6. The van der Waals surface area contributed by atoms with Gasteiger partial charge < -0.3 is 4.57 Å². The predicted molar refractivity (Wildman–Crippen MR) is 128 cm³/mol. The standard InChI is InChI=1S/C24H24N8O2/c1-15(2)12-31-23(33)21-22(27-24(31)34)26-16(3)30(21)13-17-8-10-18(11-9-17)19-6-4-5-7-20(19)32-14-25-28-29-32/h4-11,14-15H,12-13H2,1-3H3,(H,27,34). The summed E-state index contributed by atoms with van der Waals surface area (Å²) in [6, 6.07) is 16.0. The molecule has 0 atom stereocenters. The van der Waals surface area contributed by atoms with Crippen LogP contribution in [0.2, 0.25) is 0 Å². The summed E-state index contributed by atoms with van der Waals surface area (Å²) in [6.07, 6.45) is 1.57. The van der Waals surface area contributed by atoms with Crippen molar-refractivity contribution in [3.8, 4) is 16.8 Å². The Kier molecular flexibility index (Phi) is 5.40. The van der Waals surface area contributed by atoms with Gasteiger partial charge in [0.05, 0.1) is 5.69 Å². The third-order valence-electron chi connectivity index (χ3n) is 5.73. The summed E-state index contributed by atoms with van der Waals surface area (Å²) < 4.78 is 4.74. The van der Waals surface area contributed by atoms with Gasteiger partial charge in [-0.1, -0.05) is 56.3 Å². The Morgan fingerprint density at radius 3 is 2.47 bits per heavy atom. The first kappa shape index (κ1) is 21.5. The summed E-state index contributed by atoms with van der Waals surface area (Å²) in [6.45, 7) is 6.58. The van der Waals surface area contributed by atoms with Crippen LogP contribution in [0.15, 0.2) is 64.4 Å². The molecule has 172 valence electrons. The smallest absolute Gasteiger partial charge is 0.318 e. The maximum atomic E-state index is 13.2. The molecule has 0 fully saturated rings. The maximum Gasteiger partial charge on any atom is 0.330 e. The second-order valence-corrected chi connectivity index (χ2v) is 8.65. The van der Waals surface area contributed by atoms with Crippen LogP contribution in [-0.2, 0) is 13.1 Å². The van der Waals surface area contributed by atoms with E-state index < -0.39 is 5.69 Å². The molecule has 0 saturated carbocycles. The molecule has 5 aromatic rings. The molecule has 0 bridgehead atoms. The minimum atomic E-state index is -0.429. The Balaban J connectivity index is 1.51. The van der Waals surface area contributed by atoms with Gasteiger partial charge in [-0.2, -0.15) is 4.68 Å². The van der Waals surface area contributed by atoms with E-state index in [1.165, 1.54) is 4.57 Å². The highest BCUT2D eigenvalue weighted by Gasteiger charge is 2.17. The van der Waals surface area contributed by atoms with Crippen LogP contribution >= 0.6 is 0 Å². The zero-order valence-electron chi connectivity index (χ0n) is 19.1. The number of imidazole rings is 1. The van der Waals surface area contributed by atoms with Crippen molar-refractivity contribution in [2.24, 2.45) is 5.92 Å². The summed E-state index contributed by atoms with van der Waals surface area (Å²) in [5.74, 6) is 0.829. The highest BCUT2D eigenvalue weighted by molar-refractivity contribution is 5.73. The lowest BCUT2D eigenvalue weighted by Crippen LogP contribution is -2.37. The van der Waals surface area contributed by atoms with Crippen molar-refractivity contribution in [3.63, 3.8) is 0 Å². The molecule has 5 rings (SSSR count). The largest absolute Gasteiger partial charge is 0.330 e. The van der Waals surface area contributed by atoms with Gasteiger partial charge in [0.2, 0.25) is 0 Å². The first-order chi connectivity index (χ1) is 16.4. The molecule has 0 aliphatic heterocycles. The Labute approximate surface area is 194 Å². The highest BCUT2D eigenvalue weighted by atomic mass is 16.2. The first-order valence-corrected chi connectivity index (χ1v) is 11.0. The molecule has 2 aromatic carbocycles. The van der Waals surface area contributed by atoms with Gasteiger partial charge in [-0.3, -0.25) is 14.3 Å². The van der Waals surface area contributed by atoms with Crippen LogP contribution in [0.25, 0.3) is 28.0 Å². The van der Waals surface area contributed by atoms with Crippen molar-refractivity contribution in [2.75, 3.05) is 0 Å². The topological polar surface area (TPSA) is 116 Å². The number of aromatic amines is 1. The van der Waals surface area contributed by atoms with Gasteiger partial charge in [0.25, 0.3) is 5.56 Å². The van der Waals surface area contributed by atoms with Gasteiger partial charge in [-0.05, 0) is 40.5 Å². The molecular formula is C24H24N8O2. The number of H-pyrrole nitrogens is 1. The summed E-state index contributed by atoms with van der Waals surface area (Å²) in [5, 5.41) is 11.5. The Hall–Kier alpha value is -4.34. The number of rotatable bonds is 6. The quantitative estimate of drug-likeness (QED) is 0.420. The van der Waals surface area contributed by atoms with Crippen LogP contribution in [0.5, 0.6) is 0 Å². The molecule has 10 nitrogen and oxygen atoms in total. The van der Waals surface area contributed by atoms with E-state index in [2.05, 4.69) is 25.5 Å². The molecule has 3 heterocycles. The van der Waals surface area contributed by atoms with Crippen LogP contribution in [0.3, 0.4) is 0 Å². The fraction of sp³-hybridized carbons (Fsp3) is 0.250. The zero-order chi connectivity index (χ0) is 23.8. The Morgan fingerprint density at radius 2 is 1.76 bits per heavy atom. The summed E-state index contributed by atoms with van der Waals surface area (Å²) in [5.41, 5.74) is 3.88. The third kappa shape index (κ3) is 3.83. The predicted octanol–water partition coefficient (Wildman–Crippen LogP) is 2.54. The average Bonchev–Trinajstić information content (AvgIpc) is 3.46. The lowest BCUT2D eigenvalue weighted by Gasteiger charge is -2.11. The lowest BCUT2D eigenvalue weighted by atomic mass is 10.0. The van der Waals surface area contributed by atoms with Crippen LogP contribution in [0.1, 0.15) is 25.2 Å². The molecule has 0 unspecified atom stereocenters. The lowest BCUT2D eigenvalue weighted by molar-refractivity contribution is 0.494. The van der Waals surface area contributed by atoms with Crippen molar-refractivity contribution in [1.82, 2.24) is 39.3 Å². The van der Waals surface area contributed by atoms with Gasteiger partial charge in [0, 0.05) is 18.7 Å². The number of aromatic nitrogens is 8. The minimum absolute atomic E-state index is 0.164. The molecule has 10 heteroatoms. The molecular weight excluding hydrogens is 432 g/mol. The average molecular weight is 457 g/mol. The van der Waals surface area contributed by atoms with E-state index in [9.17, 15) is 9.59 Å². The van der Waals surface area contributed by atoms with Crippen LogP contribution < -0.4 is 11.2 Å². The number of fused-ring (bicyclic) bond motifs is 1. The Bertz CT molecular complexity index is 1570. The van der Waals surface area contributed by atoms with Crippen molar-refractivity contribution >= 4 is 11.2 Å². The maximum absolute atomic E-state index is 13.2. The highest BCUT2D eigenvalue weighted by Crippen LogP contribution is 2.26. The SMILES string of the molecule is Cc1nc2[nH]c(=O)n(CC(C)C)c(=O)c2n1Cc1ccc(-c2ccccc2-n2cnnn2)cc1. The van der Waals surface area contributed by atoms with Gasteiger partial charge >= 0.3 is 5.69 Å². The molecule has 3 aromatic heterocycles. The second kappa shape index (κ2) is 8.54. The third-order valence-corrected chi connectivity index (χ3v) is 5.73. The molecule has 0 aliphatic carbocycles. The molecule has 0 saturated heterocycles. The van der Waals surface area contributed by atoms with Crippen molar-refractivity contribution in [1.29, 1.82) is 0 Å². The summed E-state index contributed by atoms with van der Waals surface area (Å²) in [7, 11) is 0. The monoisotopic (exact) mass is 456 g/mol. The van der Waals surface area contributed by atoms with E-state index in [0.29, 0.717) is 30.1 Å². The number of nitrogens with one attached hydrogen (secondary N) is 1. The van der Waals surface area contributed by atoms with E-state index in [1.807, 2.05) is 73.9 Å². The van der Waals surface area contributed by atoms with Crippen molar-refractivity contribution in [2.45, 2.75) is 33.9 Å². The van der Waals surface area contributed by atoms with Gasteiger partial charge in [-0.15, -0.1) is 5.10 Å². The fourth-order valence-corrected chi connectivity index (χ4v) is 4.14. The van der Waals surface area contributed by atoms with Crippen molar-refractivity contribution < 1.29 is 0 Å². The number of para-hydroxylation sites is 1. The molecule has 0 aliphatic rings. The Morgan fingerprint density at radius 1 is 1.00 bits per heavy atom.